The summed E-state index contributed by atoms with van der Waals surface area (Å²) in [6.45, 7) is 2.38. The molecular weight excluding hydrogens is 410 g/mol. The number of nitrogens with two attached hydrogens (primary N) is 1. The predicted molar refractivity (Wildman–Crippen MR) is 110 cm³/mol. The Morgan fingerprint density at radius 1 is 1.00 bits per heavy atom. The van der Waals surface area contributed by atoms with Crippen molar-refractivity contribution in [2.24, 2.45) is 5.73 Å². The number of rotatable bonds is 14. The average Bonchev–Trinajstić information content (AvgIpc) is 3.24. The number of carboxylic acids is 2. The van der Waals surface area contributed by atoms with Crippen molar-refractivity contribution in [3.8, 4) is 0 Å². The lowest BCUT2D eigenvalue weighted by Crippen LogP contribution is -2.56. The van der Waals surface area contributed by atoms with Gasteiger partial charge in [0.1, 0.15) is 18.1 Å². The van der Waals surface area contributed by atoms with Gasteiger partial charge >= 0.3 is 11.9 Å². The Morgan fingerprint density at radius 2 is 1.65 bits per heavy atom. The van der Waals surface area contributed by atoms with Gasteiger partial charge in [0.2, 0.25) is 17.7 Å². The number of hydrogen-bond donors (Lipinski definition) is 7. The van der Waals surface area contributed by atoms with Gasteiger partial charge in [-0.15, -0.1) is 0 Å². The highest BCUT2D eigenvalue weighted by molar-refractivity contribution is 5.94. The SMILES string of the molecule is CC(NC(=O)C(CCC(=O)O)NC(=O)C(CCCCN)NC(=O)C1CCCN1)C(=O)O. The van der Waals surface area contributed by atoms with Crippen LogP contribution in [0.2, 0.25) is 0 Å². The van der Waals surface area contributed by atoms with Gasteiger partial charge in [-0.05, 0) is 58.5 Å². The summed E-state index contributed by atoms with van der Waals surface area (Å²) in [5, 5.41) is 28.3. The van der Waals surface area contributed by atoms with E-state index in [2.05, 4.69) is 21.3 Å². The van der Waals surface area contributed by atoms with Gasteiger partial charge in [-0.1, -0.05) is 0 Å². The van der Waals surface area contributed by atoms with E-state index in [1.165, 1.54) is 6.92 Å². The summed E-state index contributed by atoms with van der Waals surface area (Å²) in [6.07, 6.45) is 2.36. The maximum atomic E-state index is 12.8. The van der Waals surface area contributed by atoms with Crippen molar-refractivity contribution in [2.45, 2.75) is 76.0 Å². The van der Waals surface area contributed by atoms with Crippen molar-refractivity contribution < 1.29 is 34.2 Å². The Balaban J connectivity index is 2.86. The zero-order valence-corrected chi connectivity index (χ0v) is 17.7. The number of carboxylic acid groups (broad SMARTS) is 2. The lowest BCUT2D eigenvalue weighted by atomic mass is 10.1. The van der Waals surface area contributed by atoms with Gasteiger partial charge in [0.05, 0.1) is 6.04 Å². The van der Waals surface area contributed by atoms with E-state index in [9.17, 15) is 24.0 Å². The van der Waals surface area contributed by atoms with Crippen LogP contribution in [-0.4, -0.2) is 77.1 Å². The molecule has 1 aliphatic rings. The van der Waals surface area contributed by atoms with Gasteiger partial charge in [-0.3, -0.25) is 24.0 Å². The number of carbonyl (C=O) groups excluding carboxylic acids is 3. The van der Waals surface area contributed by atoms with Crippen LogP contribution in [0.15, 0.2) is 0 Å². The van der Waals surface area contributed by atoms with E-state index < -0.39 is 54.3 Å². The average molecular weight is 444 g/mol. The molecule has 0 bridgehead atoms. The third-order valence-electron chi connectivity index (χ3n) is 4.97. The van der Waals surface area contributed by atoms with Crippen LogP contribution < -0.4 is 27.0 Å². The van der Waals surface area contributed by atoms with E-state index in [-0.39, 0.29) is 12.3 Å². The first kappa shape index (κ1) is 26.3. The van der Waals surface area contributed by atoms with Crippen molar-refractivity contribution in [1.29, 1.82) is 0 Å². The van der Waals surface area contributed by atoms with Crippen molar-refractivity contribution in [2.75, 3.05) is 13.1 Å². The van der Waals surface area contributed by atoms with E-state index in [1.54, 1.807) is 0 Å². The molecule has 1 aliphatic heterocycles. The van der Waals surface area contributed by atoms with Crippen LogP contribution >= 0.6 is 0 Å². The molecule has 0 aromatic heterocycles. The van der Waals surface area contributed by atoms with Crippen LogP contribution in [0.3, 0.4) is 0 Å². The fraction of sp³-hybridized carbons (Fsp3) is 0.737. The van der Waals surface area contributed by atoms with E-state index in [0.717, 1.165) is 6.42 Å². The number of amides is 3. The minimum Gasteiger partial charge on any atom is -0.481 e. The lowest BCUT2D eigenvalue weighted by Gasteiger charge is -2.24. The quantitative estimate of drug-likeness (QED) is 0.153. The van der Waals surface area contributed by atoms with Crippen LogP contribution in [0.5, 0.6) is 0 Å². The van der Waals surface area contributed by atoms with E-state index >= 15 is 0 Å². The summed E-state index contributed by atoms with van der Waals surface area (Å²) in [7, 11) is 0. The fourth-order valence-electron chi connectivity index (χ4n) is 3.13. The molecule has 3 amide bonds. The van der Waals surface area contributed by atoms with E-state index in [0.29, 0.717) is 38.8 Å². The summed E-state index contributed by atoms with van der Waals surface area (Å²) in [5.74, 6) is -4.21. The fourth-order valence-corrected chi connectivity index (χ4v) is 3.13. The number of nitrogens with one attached hydrogen (secondary N) is 4. The summed E-state index contributed by atoms with van der Waals surface area (Å²) in [4.78, 5) is 59.6. The molecule has 0 saturated carbocycles. The highest BCUT2D eigenvalue weighted by atomic mass is 16.4. The van der Waals surface area contributed by atoms with Crippen LogP contribution in [0.4, 0.5) is 0 Å². The Labute approximate surface area is 180 Å². The summed E-state index contributed by atoms with van der Waals surface area (Å²) >= 11 is 0. The molecule has 8 N–H and O–H groups in total. The Morgan fingerprint density at radius 3 is 2.19 bits per heavy atom. The van der Waals surface area contributed by atoms with Crippen molar-refractivity contribution in [3.63, 3.8) is 0 Å². The Kier molecular flexibility index (Phi) is 11.5. The smallest absolute Gasteiger partial charge is 0.325 e. The first-order chi connectivity index (χ1) is 14.6. The zero-order chi connectivity index (χ0) is 23.4. The normalized spacial score (nSPS) is 18.5. The minimum absolute atomic E-state index is 0.229. The van der Waals surface area contributed by atoms with Crippen molar-refractivity contribution in [3.05, 3.63) is 0 Å². The largest absolute Gasteiger partial charge is 0.481 e. The molecule has 1 fully saturated rings. The first-order valence-electron chi connectivity index (χ1n) is 10.4. The molecule has 176 valence electrons. The van der Waals surface area contributed by atoms with Gasteiger partial charge < -0.3 is 37.2 Å². The summed E-state index contributed by atoms with van der Waals surface area (Å²) < 4.78 is 0. The summed E-state index contributed by atoms with van der Waals surface area (Å²) in [6, 6.07) is -3.81. The third kappa shape index (κ3) is 9.75. The highest BCUT2D eigenvalue weighted by Gasteiger charge is 2.30. The molecule has 0 aromatic rings. The Hall–Kier alpha value is -2.73. The molecule has 0 spiro atoms. The monoisotopic (exact) mass is 443 g/mol. The molecule has 0 aromatic carbocycles. The number of aliphatic carboxylic acids is 2. The molecule has 1 saturated heterocycles. The minimum atomic E-state index is -1.27. The van der Waals surface area contributed by atoms with Crippen LogP contribution in [0.1, 0.15) is 51.9 Å². The van der Waals surface area contributed by atoms with Crippen LogP contribution in [0.25, 0.3) is 0 Å². The molecular formula is C19H33N5O7. The maximum Gasteiger partial charge on any atom is 0.325 e. The molecule has 1 rings (SSSR count). The van der Waals surface area contributed by atoms with Gasteiger partial charge in [-0.2, -0.15) is 0 Å². The van der Waals surface area contributed by atoms with Gasteiger partial charge in [0, 0.05) is 6.42 Å². The molecule has 12 heteroatoms. The van der Waals surface area contributed by atoms with Gasteiger partial charge in [0.15, 0.2) is 0 Å². The van der Waals surface area contributed by atoms with E-state index in [1.807, 2.05) is 0 Å². The molecule has 0 aliphatic carbocycles. The molecule has 31 heavy (non-hydrogen) atoms. The second kappa shape index (κ2) is 13.5. The Bertz CT molecular complexity index is 652. The molecule has 4 atom stereocenters. The lowest BCUT2D eigenvalue weighted by molar-refractivity contribution is -0.142. The molecule has 4 unspecified atom stereocenters. The number of unbranched alkanes of at least 4 members (excludes halogenated alkanes) is 1. The third-order valence-corrected chi connectivity index (χ3v) is 4.97. The number of carbonyl (C=O) groups is 5. The van der Waals surface area contributed by atoms with E-state index in [4.69, 9.17) is 15.9 Å². The summed E-state index contributed by atoms with van der Waals surface area (Å²) in [5.41, 5.74) is 5.50. The molecule has 0 radical (unpaired) electrons. The maximum absolute atomic E-state index is 12.8. The predicted octanol–water partition coefficient (Wildman–Crippen LogP) is -1.71. The first-order valence-corrected chi connectivity index (χ1v) is 10.4. The second-order valence-corrected chi connectivity index (χ2v) is 7.56. The second-order valence-electron chi connectivity index (χ2n) is 7.56. The highest BCUT2D eigenvalue weighted by Crippen LogP contribution is 2.08. The topological polar surface area (TPSA) is 200 Å². The van der Waals surface area contributed by atoms with Crippen molar-refractivity contribution in [1.82, 2.24) is 21.3 Å². The van der Waals surface area contributed by atoms with Crippen LogP contribution in [-0.2, 0) is 24.0 Å². The molecule has 1 heterocycles. The standard InChI is InChI=1S/C19H33N5O7/c1-11(19(30)31)22-17(28)14(7-8-15(25)26)24-18(29)13(5-2-3-9-20)23-16(27)12-6-4-10-21-12/h11-14,21H,2-10,20H2,1H3,(H,22,28)(H,23,27)(H,24,29)(H,25,26)(H,30,31). The van der Waals surface area contributed by atoms with Crippen molar-refractivity contribution >= 4 is 29.7 Å². The molecule has 12 nitrogen and oxygen atoms in total. The zero-order valence-electron chi connectivity index (χ0n) is 17.7. The van der Waals surface area contributed by atoms with Gasteiger partial charge in [-0.25, -0.2) is 0 Å². The number of hydrogen-bond acceptors (Lipinski definition) is 7. The van der Waals surface area contributed by atoms with Crippen LogP contribution in [0, 0.1) is 0 Å². The van der Waals surface area contributed by atoms with Gasteiger partial charge in [0.25, 0.3) is 0 Å².